The molecule has 1 aliphatic rings. The van der Waals surface area contributed by atoms with Crippen molar-refractivity contribution in [1.29, 1.82) is 0 Å². The molecule has 26 heavy (non-hydrogen) atoms. The molecule has 1 fully saturated rings. The van der Waals surface area contributed by atoms with E-state index in [1.165, 1.54) is 11.1 Å². The number of likely N-dealkylation sites (tertiary alicyclic amines) is 1. The molecule has 1 heterocycles. The minimum absolute atomic E-state index is 0.224. The summed E-state index contributed by atoms with van der Waals surface area (Å²) in [6, 6.07) is 21.3. The molecule has 0 aliphatic carbocycles. The average Bonchev–Trinajstić information content (AvgIpc) is 2.57. The molecular weight excluding hydrogens is 324 g/mol. The van der Waals surface area contributed by atoms with Gasteiger partial charge in [0.15, 0.2) is 0 Å². The summed E-state index contributed by atoms with van der Waals surface area (Å²) in [5, 5.41) is 9.52. The SMILES string of the molecule is CC(C)(C)N(CC1CN(C(c2ccccc2)c2ccccc2)C1)C(=O)O. The lowest BCUT2D eigenvalue weighted by atomic mass is 9.89. The molecule has 4 heteroatoms. The van der Waals surface area contributed by atoms with Crippen molar-refractivity contribution >= 4 is 6.09 Å². The van der Waals surface area contributed by atoms with E-state index in [2.05, 4.69) is 53.4 Å². The van der Waals surface area contributed by atoms with Crippen LogP contribution in [-0.4, -0.2) is 46.2 Å². The smallest absolute Gasteiger partial charge is 0.407 e. The Balaban J connectivity index is 1.73. The minimum Gasteiger partial charge on any atom is -0.465 e. The predicted molar refractivity (Wildman–Crippen MR) is 104 cm³/mol. The van der Waals surface area contributed by atoms with E-state index in [-0.39, 0.29) is 11.6 Å². The minimum atomic E-state index is -0.835. The highest BCUT2D eigenvalue weighted by atomic mass is 16.4. The van der Waals surface area contributed by atoms with E-state index in [4.69, 9.17) is 0 Å². The third kappa shape index (κ3) is 4.07. The van der Waals surface area contributed by atoms with Crippen molar-refractivity contribution in [2.45, 2.75) is 32.4 Å². The summed E-state index contributed by atoms with van der Waals surface area (Å²) < 4.78 is 0. The van der Waals surface area contributed by atoms with Gasteiger partial charge in [0.1, 0.15) is 0 Å². The zero-order valence-corrected chi connectivity index (χ0v) is 15.8. The maximum Gasteiger partial charge on any atom is 0.407 e. The van der Waals surface area contributed by atoms with Gasteiger partial charge in [-0.15, -0.1) is 0 Å². The van der Waals surface area contributed by atoms with Crippen LogP contribution in [-0.2, 0) is 0 Å². The molecule has 0 bridgehead atoms. The van der Waals surface area contributed by atoms with Crippen LogP contribution in [0.15, 0.2) is 60.7 Å². The van der Waals surface area contributed by atoms with Gasteiger partial charge in [-0.05, 0) is 31.9 Å². The fourth-order valence-electron chi connectivity index (χ4n) is 3.72. The summed E-state index contributed by atoms with van der Waals surface area (Å²) in [7, 11) is 0. The van der Waals surface area contributed by atoms with E-state index in [9.17, 15) is 9.90 Å². The van der Waals surface area contributed by atoms with Crippen LogP contribution in [0.2, 0.25) is 0 Å². The number of carbonyl (C=O) groups is 1. The summed E-state index contributed by atoms with van der Waals surface area (Å²) in [5.74, 6) is 0.375. The number of hydrogen-bond donors (Lipinski definition) is 1. The van der Waals surface area contributed by atoms with Crippen LogP contribution in [0.4, 0.5) is 4.79 Å². The largest absolute Gasteiger partial charge is 0.465 e. The molecule has 1 amide bonds. The average molecular weight is 352 g/mol. The standard InChI is InChI=1S/C22H28N2O2/c1-22(2,3)24(21(25)26)16-17-14-23(15-17)20(18-10-6-4-7-11-18)19-12-8-5-9-13-19/h4-13,17,20H,14-16H2,1-3H3,(H,25,26). The van der Waals surface area contributed by atoms with Gasteiger partial charge in [-0.25, -0.2) is 4.79 Å². The lowest BCUT2D eigenvalue weighted by molar-refractivity contribution is 0.0217. The zero-order valence-electron chi connectivity index (χ0n) is 15.8. The van der Waals surface area contributed by atoms with E-state index in [0.717, 1.165) is 13.1 Å². The molecule has 1 N–H and O–H groups in total. The highest BCUT2D eigenvalue weighted by molar-refractivity contribution is 5.66. The second-order valence-corrected chi connectivity index (χ2v) is 8.11. The number of amides is 1. The van der Waals surface area contributed by atoms with Gasteiger partial charge in [0.2, 0.25) is 0 Å². The Kier molecular flexibility index (Phi) is 5.33. The van der Waals surface area contributed by atoms with Crippen LogP contribution in [0.1, 0.15) is 37.9 Å². The molecule has 1 aliphatic heterocycles. The molecule has 0 spiro atoms. The molecule has 1 saturated heterocycles. The molecule has 0 atom stereocenters. The van der Waals surface area contributed by atoms with Crippen molar-refractivity contribution in [2.75, 3.05) is 19.6 Å². The number of nitrogens with zero attached hydrogens (tertiary/aromatic N) is 2. The Morgan fingerprint density at radius 3 is 1.88 bits per heavy atom. The van der Waals surface area contributed by atoms with Crippen molar-refractivity contribution in [3.63, 3.8) is 0 Å². The van der Waals surface area contributed by atoms with E-state index in [1.54, 1.807) is 4.90 Å². The number of hydrogen-bond acceptors (Lipinski definition) is 2. The summed E-state index contributed by atoms with van der Waals surface area (Å²) in [6.45, 7) is 8.27. The highest BCUT2D eigenvalue weighted by Gasteiger charge is 2.37. The van der Waals surface area contributed by atoms with Crippen molar-refractivity contribution in [1.82, 2.24) is 9.80 Å². The van der Waals surface area contributed by atoms with Crippen molar-refractivity contribution in [3.05, 3.63) is 71.8 Å². The fraction of sp³-hybridized carbons (Fsp3) is 0.409. The molecule has 0 saturated carbocycles. The first-order chi connectivity index (χ1) is 12.4. The van der Waals surface area contributed by atoms with Gasteiger partial charge in [-0.3, -0.25) is 4.90 Å². The molecule has 2 aromatic carbocycles. The first kappa shape index (κ1) is 18.5. The van der Waals surface area contributed by atoms with Gasteiger partial charge in [0, 0.05) is 31.1 Å². The van der Waals surface area contributed by atoms with E-state index < -0.39 is 6.09 Å². The molecule has 4 nitrogen and oxygen atoms in total. The van der Waals surface area contributed by atoms with Crippen molar-refractivity contribution in [3.8, 4) is 0 Å². The molecule has 0 unspecified atom stereocenters. The monoisotopic (exact) mass is 352 g/mol. The van der Waals surface area contributed by atoms with E-state index >= 15 is 0 Å². The molecular formula is C22H28N2O2. The lowest BCUT2D eigenvalue weighted by Crippen LogP contribution is -2.56. The Hall–Kier alpha value is -2.33. The molecule has 0 radical (unpaired) electrons. The summed E-state index contributed by atoms with van der Waals surface area (Å²) in [4.78, 5) is 15.6. The predicted octanol–water partition coefficient (Wildman–Crippen LogP) is 4.49. The van der Waals surface area contributed by atoms with Gasteiger partial charge in [0.25, 0.3) is 0 Å². The number of benzene rings is 2. The molecule has 3 rings (SSSR count). The Bertz CT molecular complexity index is 679. The normalized spacial score (nSPS) is 15.7. The van der Waals surface area contributed by atoms with Crippen molar-refractivity contribution in [2.24, 2.45) is 5.92 Å². The summed E-state index contributed by atoms with van der Waals surface area (Å²) >= 11 is 0. The first-order valence-electron chi connectivity index (χ1n) is 9.21. The molecule has 138 valence electrons. The molecule has 2 aromatic rings. The Labute approximate surface area is 156 Å². The van der Waals surface area contributed by atoms with Gasteiger partial charge < -0.3 is 10.0 Å². The Morgan fingerprint density at radius 2 is 1.50 bits per heavy atom. The van der Waals surface area contributed by atoms with Crippen LogP contribution in [0.25, 0.3) is 0 Å². The topological polar surface area (TPSA) is 43.8 Å². The van der Waals surface area contributed by atoms with Crippen LogP contribution < -0.4 is 0 Å². The lowest BCUT2D eigenvalue weighted by Gasteiger charge is -2.47. The highest BCUT2D eigenvalue weighted by Crippen LogP contribution is 2.35. The Morgan fingerprint density at radius 1 is 1.04 bits per heavy atom. The second-order valence-electron chi connectivity index (χ2n) is 8.11. The number of rotatable bonds is 5. The third-order valence-electron chi connectivity index (χ3n) is 5.06. The third-order valence-corrected chi connectivity index (χ3v) is 5.06. The van der Waals surface area contributed by atoms with Gasteiger partial charge in [-0.2, -0.15) is 0 Å². The van der Waals surface area contributed by atoms with E-state index in [0.29, 0.717) is 12.5 Å². The van der Waals surface area contributed by atoms with Gasteiger partial charge in [0.05, 0.1) is 6.04 Å². The quantitative estimate of drug-likeness (QED) is 0.862. The maximum absolute atomic E-state index is 11.6. The zero-order chi connectivity index (χ0) is 18.7. The van der Waals surface area contributed by atoms with Crippen LogP contribution in [0.5, 0.6) is 0 Å². The maximum atomic E-state index is 11.6. The van der Waals surface area contributed by atoms with Crippen LogP contribution in [0.3, 0.4) is 0 Å². The van der Waals surface area contributed by atoms with Gasteiger partial charge in [-0.1, -0.05) is 60.7 Å². The van der Waals surface area contributed by atoms with Crippen LogP contribution in [0, 0.1) is 5.92 Å². The summed E-state index contributed by atoms with van der Waals surface area (Å²) in [5.41, 5.74) is 2.19. The fourth-order valence-corrected chi connectivity index (χ4v) is 3.72. The van der Waals surface area contributed by atoms with Crippen molar-refractivity contribution < 1.29 is 9.90 Å². The molecule has 0 aromatic heterocycles. The van der Waals surface area contributed by atoms with Gasteiger partial charge >= 0.3 is 6.09 Å². The number of carboxylic acid groups (broad SMARTS) is 1. The van der Waals surface area contributed by atoms with Crippen LogP contribution >= 0.6 is 0 Å². The van der Waals surface area contributed by atoms with E-state index in [1.807, 2.05) is 32.9 Å². The second kappa shape index (κ2) is 7.50. The summed E-state index contributed by atoms with van der Waals surface area (Å²) in [6.07, 6.45) is -0.835. The first-order valence-corrected chi connectivity index (χ1v) is 9.21.